The molecule has 1 amide bonds. The number of benzene rings is 1. The Morgan fingerprint density at radius 1 is 1.42 bits per heavy atom. The Balaban J connectivity index is 1.56. The highest BCUT2D eigenvalue weighted by Gasteiger charge is 2.27. The van der Waals surface area contributed by atoms with Gasteiger partial charge < -0.3 is 14.2 Å². The number of likely N-dealkylation sites (tertiary alicyclic amines) is 1. The number of hydrogen-bond acceptors (Lipinski definition) is 5. The first-order chi connectivity index (χ1) is 11.7. The van der Waals surface area contributed by atoms with Crippen LogP contribution in [-0.4, -0.2) is 45.3 Å². The van der Waals surface area contributed by atoms with E-state index in [4.69, 9.17) is 10.00 Å². The molecule has 1 aromatic carbocycles. The van der Waals surface area contributed by atoms with E-state index in [1.807, 2.05) is 22.6 Å². The lowest BCUT2D eigenvalue weighted by molar-refractivity contribution is -0.134. The van der Waals surface area contributed by atoms with E-state index < -0.39 is 0 Å². The first-order valence-corrected chi connectivity index (χ1v) is 7.92. The summed E-state index contributed by atoms with van der Waals surface area (Å²) in [5.41, 5.74) is 0.566. The summed E-state index contributed by atoms with van der Waals surface area (Å²) in [5.74, 6) is 1.68. The van der Waals surface area contributed by atoms with Crippen molar-refractivity contribution in [3.05, 3.63) is 42.0 Å². The van der Waals surface area contributed by atoms with Crippen molar-refractivity contribution in [2.75, 3.05) is 19.7 Å². The second-order valence-electron chi connectivity index (χ2n) is 5.90. The smallest absolute Gasteiger partial charge is 0.260 e. The molecule has 1 atom stereocenters. The highest BCUT2D eigenvalue weighted by Crippen LogP contribution is 2.25. The fourth-order valence-corrected chi connectivity index (χ4v) is 2.94. The first kappa shape index (κ1) is 16.0. The number of piperidine rings is 1. The minimum Gasteiger partial charge on any atom is -0.484 e. The molecule has 24 heavy (non-hydrogen) atoms. The van der Waals surface area contributed by atoms with Crippen LogP contribution in [0, 0.1) is 11.3 Å². The van der Waals surface area contributed by atoms with Gasteiger partial charge in [-0.1, -0.05) is 0 Å². The Morgan fingerprint density at radius 2 is 2.21 bits per heavy atom. The summed E-state index contributed by atoms with van der Waals surface area (Å²) in [5, 5.41) is 16.9. The van der Waals surface area contributed by atoms with Gasteiger partial charge in [0, 0.05) is 26.1 Å². The molecule has 0 saturated carbocycles. The Labute approximate surface area is 140 Å². The van der Waals surface area contributed by atoms with Crippen molar-refractivity contribution in [2.24, 2.45) is 7.05 Å². The van der Waals surface area contributed by atoms with Gasteiger partial charge in [0.1, 0.15) is 17.9 Å². The lowest BCUT2D eigenvalue weighted by Crippen LogP contribution is -2.42. The molecule has 1 fully saturated rings. The van der Waals surface area contributed by atoms with E-state index >= 15 is 0 Å². The molecule has 7 heteroatoms. The molecular weight excluding hydrogens is 306 g/mol. The van der Waals surface area contributed by atoms with E-state index in [0.29, 0.717) is 17.9 Å². The normalized spacial score (nSPS) is 17.3. The molecular formula is C17H19N5O2. The van der Waals surface area contributed by atoms with Crippen molar-refractivity contribution in [3.8, 4) is 11.8 Å². The van der Waals surface area contributed by atoms with Crippen molar-refractivity contribution in [2.45, 2.75) is 18.8 Å². The molecule has 0 aliphatic carbocycles. The summed E-state index contributed by atoms with van der Waals surface area (Å²) in [6.45, 7) is 1.38. The number of aryl methyl sites for hydroxylation is 1. The zero-order chi connectivity index (χ0) is 16.9. The molecule has 0 bridgehead atoms. The van der Waals surface area contributed by atoms with Gasteiger partial charge in [-0.3, -0.25) is 4.79 Å². The summed E-state index contributed by atoms with van der Waals surface area (Å²) in [6.07, 6.45) is 3.64. The van der Waals surface area contributed by atoms with E-state index in [-0.39, 0.29) is 18.4 Å². The van der Waals surface area contributed by atoms with Gasteiger partial charge in [-0.25, -0.2) is 0 Å². The van der Waals surface area contributed by atoms with Crippen molar-refractivity contribution in [3.63, 3.8) is 0 Å². The number of rotatable bonds is 4. The monoisotopic (exact) mass is 325 g/mol. The van der Waals surface area contributed by atoms with E-state index in [1.165, 1.54) is 0 Å². The Morgan fingerprint density at radius 3 is 2.88 bits per heavy atom. The van der Waals surface area contributed by atoms with Crippen LogP contribution in [0.4, 0.5) is 0 Å². The van der Waals surface area contributed by atoms with Crippen LogP contribution in [0.25, 0.3) is 0 Å². The fourth-order valence-electron chi connectivity index (χ4n) is 2.94. The van der Waals surface area contributed by atoms with E-state index in [9.17, 15) is 4.79 Å². The molecule has 1 saturated heterocycles. The number of nitrogens with zero attached hydrogens (tertiary/aromatic N) is 5. The number of aromatic nitrogens is 3. The molecule has 1 unspecified atom stereocenters. The van der Waals surface area contributed by atoms with Crippen molar-refractivity contribution < 1.29 is 9.53 Å². The largest absolute Gasteiger partial charge is 0.484 e. The van der Waals surface area contributed by atoms with Crippen molar-refractivity contribution >= 4 is 5.91 Å². The van der Waals surface area contributed by atoms with Crippen LogP contribution in [0.2, 0.25) is 0 Å². The standard InChI is InChI=1S/C17H19N5O2/c1-21-12-19-20-17(21)14-3-2-8-22(10-14)16(23)11-24-15-6-4-13(9-18)5-7-15/h4-7,12,14H,2-3,8,10-11H2,1H3. The second-order valence-corrected chi connectivity index (χ2v) is 5.90. The Hall–Kier alpha value is -2.88. The lowest BCUT2D eigenvalue weighted by Gasteiger charge is -2.32. The number of ether oxygens (including phenoxy) is 1. The third kappa shape index (κ3) is 3.54. The highest BCUT2D eigenvalue weighted by molar-refractivity contribution is 5.78. The Bertz CT molecular complexity index is 747. The summed E-state index contributed by atoms with van der Waals surface area (Å²) in [4.78, 5) is 14.2. The molecule has 3 rings (SSSR count). The molecule has 1 aromatic heterocycles. The van der Waals surface area contributed by atoms with Gasteiger partial charge in [-0.15, -0.1) is 10.2 Å². The number of nitriles is 1. The number of hydrogen-bond donors (Lipinski definition) is 0. The molecule has 2 aromatic rings. The van der Waals surface area contributed by atoms with Crippen LogP contribution in [-0.2, 0) is 11.8 Å². The third-order valence-corrected chi connectivity index (χ3v) is 4.23. The van der Waals surface area contributed by atoms with Gasteiger partial charge in [-0.05, 0) is 37.1 Å². The van der Waals surface area contributed by atoms with E-state index in [2.05, 4.69) is 10.2 Å². The van der Waals surface area contributed by atoms with Gasteiger partial charge in [0.05, 0.1) is 11.6 Å². The summed E-state index contributed by atoms with van der Waals surface area (Å²) in [7, 11) is 1.92. The highest BCUT2D eigenvalue weighted by atomic mass is 16.5. The van der Waals surface area contributed by atoms with Gasteiger partial charge in [0.15, 0.2) is 6.61 Å². The molecule has 0 radical (unpaired) electrons. The average molecular weight is 325 g/mol. The van der Waals surface area contributed by atoms with Crippen LogP contribution < -0.4 is 4.74 Å². The predicted octanol–water partition coefficient (Wildman–Crippen LogP) is 1.47. The van der Waals surface area contributed by atoms with Crippen molar-refractivity contribution in [1.29, 1.82) is 5.26 Å². The zero-order valence-electron chi connectivity index (χ0n) is 13.6. The fraction of sp³-hybridized carbons (Fsp3) is 0.412. The third-order valence-electron chi connectivity index (χ3n) is 4.23. The maximum absolute atomic E-state index is 12.4. The average Bonchev–Trinajstić information content (AvgIpc) is 3.06. The molecule has 2 heterocycles. The Kier molecular flexibility index (Phi) is 4.75. The molecule has 7 nitrogen and oxygen atoms in total. The maximum atomic E-state index is 12.4. The van der Waals surface area contributed by atoms with Crippen molar-refractivity contribution in [1.82, 2.24) is 19.7 Å². The lowest BCUT2D eigenvalue weighted by atomic mass is 9.97. The number of carbonyl (C=O) groups excluding carboxylic acids is 1. The van der Waals surface area contributed by atoms with Gasteiger partial charge >= 0.3 is 0 Å². The van der Waals surface area contributed by atoms with Crippen LogP contribution >= 0.6 is 0 Å². The number of carbonyl (C=O) groups is 1. The van der Waals surface area contributed by atoms with Gasteiger partial charge in [-0.2, -0.15) is 5.26 Å². The molecule has 1 aliphatic rings. The SMILES string of the molecule is Cn1cnnc1C1CCCN(C(=O)COc2ccc(C#N)cc2)C1. The summed E-state index contributed by atoms with van der Waals surface area (Å²) < 4.78 is 7.45. The van der Waals surface area contributed by atoms with Gasteiger partial charge in [0.2, 0.25) is 0 Å². The first-order valence-electron chi connectivity index (χ1n) is 7.92. The second kappa shape index (κ2) is 7.13. The van der Waals surface area contributed by atoms with Crippen LogP contribution in [0.1, 0.15) is 30.1 Å². The van der Waals surface area contributed by atoms with E-state index in [1.54, 1.807) is 30.6 Å². The summed E-state index contributed by atoms with van der Waals surface area (Å²) >= 11 is 0. The zero-order valence-corrected chi connectivity index (χ0v) is 13.6. The quantitative estimate of drug-likeness (QED) is 0.850. The van der Waals surface area contributed by atoms with Crippen LogP contribution in [0.15, 0.2) is 30.6 Å². The summed E-state index contributed by atoms with van der Waals surface area (Å²) in [6, 6.07) is 8.79. The van der Waals surface area contributed by atoms with Gasteiger partial charge in [0.25, 0.3) is 5.91 Å². The number of amides is 1. The minimum absolute atomic E-state index is 0.00254. The van der Waals surface area contributed by atoms with E-state index in [0.717, 1.165) is 25.2 Å². The molecule has 0 spiro atoms. The molecule has 124 valence electrons. The van der Waals surface area contributed by atoms with Crippen LogP contribution in [0.5, 0.6) is 5.75 Å². The molecule has 1 aliphatic heterocycles. The van der Waals surface area contributed by atoms with Crippen LogP contribution in [0.3, 0.4) is 0 Å². The predicted molar refractivity (Wildman–Crippen MR) is 86.2 cm³/mol. The molecule has 0 N–H and O–H groups in total. The topological polar surface area (TPSA) is 84.0 Å². The minimum atomic E-state index is -0.0359. The maximum Gasteiger partial charge on any atom is 0.260 e.